The van der Waals surface area contributed by atoms with Crippen LogP contribution < -0.4 is 0 Å². The summed E-state index contributed by atoms with van der Waals surface area (Å²) >= 11 is 0. The van der Waals surface area contributed by atoms with Crippen LogP contribution >= 0.6 is 0 Å². The predicted molar refractivity (Wildman–Crippen MR) is 184 cm³/mol. The molecule has 2 heteroatoms. The fourth-order valence-electron chi connectivity index (χ4n) is 10.7. The van der Waals surface area contributed by atoms with Crippen LogP contribution in [0.5, 0.6) is 0 Å². The molecule has 0 N–H and O–H groups in total. The molecule has 43 heavy (non-hydrogen) atoms. The van der Waals surface area contributed by atoms with Crippen molar-refractivity contribution in [1.82, 2.24) is 0 Å². The highest BCUT2D eigenvalue weighted by atomic mass is 16.5. The summed E-state index contributed by atoms with van der Waals surface area (Å²) < 4.78 is 6.10. The van der Waals surface area contributed by atoms with Crippen molar-refractivity contribution >= 4 is 5.97 Å². The molecule has 246 valence electrons. The van der Waals surface area contributed by atoms with Crippen LogP contribution in [0.15, 0.2) is 23.8 Å². The lowest BCUT2D eigenvalue weighted by atomic mass is 9.47. The summed E-state index contributed by atoms with van der Waals surface area (Å²) in [5.41, 5.74) is 2.45. The minimum atomic E-state index is 0.0538. The summed E-state index contributed by atoms with van der Waals surface area (Å²) in [7, 11) is 0. The number of esters is 1. The monoisotopic (exact) mass is 595 g/mol. The molecule has 2 nitrogen and oxygen atoms in total. The number of fused-ring (bicyclic) bond motifs is 5. The second kappa shape index (κ2) is 16.0. The Balaban J connectivity index is 1.27. The normalized spacial score (nSPS) is 35.3. The Kier molecular flexibility index (Phi) is 12.9. The van der Waals surface area contributed by atoms with Crippen LogP contribution in [0.2, 0.25) is 0 Å². The maximum atomic E-state index is 12.7. The second-order valence-electron chi connectivity index (χ2n) is 16.5. The molecule has 0 aromatic heterocycles. The number of hydrogen-bond acceptors (Lipinski definition) is 2. The molecule has 0 aromatic carbocycles. The molecule has 4 aliphatic rings. The average molecular weight is 595 g/mol. The van der Waals surface area contributed by atoms with Crippen molar-refractivity contribution in [2.45, 2.75) is 177 Å². The lowest BCUT2D eigenvalue weighted by Crippen LogP contribution is -2.51. The van der Waals surface area contributed by atoms with Gasteiger partial charge in [-0.2, -0.15) is 0 Å². The topological polar surface area (TPSA) is 26.3 Å². The number of carbonyl (C=O) groups is 1. The van der Waals surface area contributed by atoms with E-state index in [0.717, 1.165) is 48.9 Å². The molecule has 0 aliphatic heterocycles. The van der Waals surface area contributed by atoms with E-state index in [1.165, 1.54) is 96.3 Å². The Labute approximate surface area is 267 Å². The van der Waals surface area contributed by atoms with Gasteiger partial charge in [-0.15, -0.1) is 0 Å². The smallest absolute Gasteiger partial charge is 0.306 e. The third kappa shape index (κ3) is 8.22. The summed E-state index contributed by atoms with van der Waals surface area (Å²) in [6.07, 6.45) is 31.5. The number of ether oxygens (including phenoxy) is 1. The third-order valence-corrected chi connectivity index (χ3v) is 13.5. The van der Waals surface area contributed by atoms with E-state index in [4.69, 9.17) is 4.74 Å². The van der Waals surface area contributed by atoms with E-state index in [-0.39, 0.29) is 12.1 Å². The van der Waals surface area contributed by atoms with E-state index < -0.39 is 0 Å². The number of allylic oxidation sites excluding steroid dienone is 3. The molecular formula is C41H70O2. The number of carbonyl (C=O) groups excluding carboxylic acids is 1. The number of hydrogen-bond donors (Lipinski definition) is 0. The predicted octanol–water partition coefficient (Wildman–Crippen LogP) is 12.3. The van der Waals surface area contributed by atoms with Crippen LogP contribution in [0.1, 0.15) is 170 Å². The van der Waals surface area contributed by atoms with Crippen LogP contribution in [-0.2, 0) is 9.53 Å². The fraction of sp³-hybridized carbons (Fsp3) is 0.878. The first kappa shape index (κ1) is 34.8. The van der Waals surface area contributed by atoms with Crippen molar-refractivity contribution in [2.75, 3.05) is 0 Å². The minimum absolute atomic E-state index is 0.0538. The zero-order valence-electron chi connectivity index (χ0n) is 29.6. The molecule has 0 amide bonds. The van der Waals surface area contributed by atoms with Crippen molar-refractivity contribution in [1.29, 1.82) is 0 Å². The molecule has 0 spiro atoms. The van der Waals surface area contributed by atoms with Crippen molar-refractivity contribution < 1.29 is 9.53 Å². The average Bonchev–Trinajstić information content (AvgIpc) is 3.34. The van der Waals surface area contributed by atoms with Gasteiger partial charge in [0.2, 0.25) is 0 Å². The van der Waals surface area contributed by atoms with Gasteiger partial charge >= 0.3 is 5.97 Å². The zero-order chi connectivity index (χ0) is 31.0. The van der Waals surface area contributed by atoms with Gasteiger partial charge in [-0.1, -0.05) is 124 Å². The van der Waals surface area contributed by atoms with Crippen LogP contribution in [-0.4, -0.2) is 12.1 Å². The van der Waals surface area contributed by atoms with E-state index >= 15 is 0 Å². The van der Waals surface area contributed by atoms with Gasteiger partial charge in [-0.3, -0.25) is 4.79 Å². The molecule has 4 aliphatic carbocycles. The standard InChI is InChI=1S/C41H70O2/c1-8-10-11-12-13-14-15-16-17-18-39(42)43-34-25-27-40(6)33(29-34)21-22-35-37-24-23-36(41(37,7)28-26-38(35)40)31(5)19-20-32(9-2)30(3)4/h19-21,30-32,34-38H,8-18,22-29H2,1-7H3/b20-19+. The Bertz CT molecular complexity index is 930. The summed E-state index contributed by atoms with van der Waals surface area (Å²) in [5.74, 6) is 5.56. The molecule has 9 atom stereocenters. The van der Waals surface area contributed by atoms with Crippen LogP contribution in [0.4, 0.5) is 0 Å². The van der Waals surface area contributed by atoms with Gasteiger partial charge in [0.1, 0.15) is 6.10 Å². The van der Waals surface area contributed by atoms with Gasteiger partial charge in [0.25, 0.3) is 0 Å². The van der Waals surface area contributed by atoms with Crippen molar-refractivity contribution in [3.8, 4) is 0 Å². The van der Waals surface area contributed by atoms with Gasteiger partial charge in [0.05, 0.1) is 0 Å². The van der Waals surface area contributed by atoms with Crippen molar-refractivity contribution in [2.24, 2.45) is 52.3 Å². The maximum absolute atomic E-state index is 12.7. The molecule has 3 saturated carbocycles. The first-order chi connectivity index (χ1) is 20.6. The van der Waals surface area contributed by atoms with Crippen molar-refractivity contribution in [3.05, 3.63) is 23.8 Å². The number of rotatable bonds is 16. The molecule has 0 saturated heterocycles. The Morgan fingerprint density at radius 1 is 0.884 bits per heavy atom. The van der Waals surface area contributed by atoms with Gasteiger partial charge in [-0.25, -0.2) is 0 Å². The van der Waals surface area contributed by atoms with E-state index in [0.29, 0.717) is 29.1 Å². The Hall–Kier alpha value is -1.05. The van der Waals surface area contributed by atoms with E-state index in [9.17, 15) is 4.79 Å². The summed E-state index contributed by atoms with van der Waals surface area (Å²) in [6, 6.07) is 0. The molecule has 0 aromatic rings. The zero-order valence-corrected chi connectivity index (χ0v) is 29.6. The minimum Gasteiger partial charge on any atom is -0.462 e. The van der Waals surface area contributed by atoms with Gasteiger partial charge in [0.15, 0.2) is 0 Å². The highest BCUT2D eigenvalue weighted by Crippen LogP contribution is 2.67. The molecule has 0 bridgehead atoms. The largest absolute Gasteiger partial charge is 0.462 e. The van der Waals surface area contributed by atoms with Crippen LogP contribution in [0, 0.1) is 52.3 Å². The Morgan fingerprint density at radius 3 is 2.26 bits per heavy atom. The summed E-state index contributed by atoms with van der Waals surface area (Å²) in [5, 5.41) is 0. The SMILES string of the molecule is CCCCCCCCCCCC(=O)OC1CCC2(C)C(=CCC3C2CCC2(C)C(C(C)/C=C/C(CC)C(C)C)CCC32)C1. The van der Waals surface area contributed by atoms with Gasteiger partial charge in [-0.05, 0) is 110 Å². The Morgan fingerprint density at radius 2 is 1.58 bits per heavy atom. The van der Waals surface area contributed by atoms with E-state index in [1.807, 2.05) is 0 Å². The fourth-order valence-corrected chi connectivity index (χ4v) is 10.7. The second-order valence-corrected chi connectivity index (χ2v) is 16.5. The summed E-state index contributed by atoms with van der Waals surface area (Å²) in [4.78, 5) is 12.7. The van der Waals surface area contributed by atoms with Gasteiger partial charge in [0, 0.05) is 12.8 Å². The quantitative estimate of drug-likeness (QED) is 0.101. The molecule has 3 fully saturated rings. The summed E-state index contributed by atoms with van der Waals surface area (Å²) in [6.45, 7) is 17.2. The first-order valence-electron chi connectivity index (χ1n) is 19.2. The van der Waals surface area contributed by atoms with Crippen LogP contribution in [0.3, 0.4) is 0 Å². The highest BCUT2D eigenvalue weighted by Gasteiger charge is 2.59. The van der Waals surface area contributed by atoms with Crippen LogP contribution in [0.25, 0.3) is 0 Å². The number of unbranched alkanes of at least 4 members (excludes halogenated alkanes) is 8. The molecule has 9 unspecified atom stereocenters. The van der Waals surface area contributed by atoms with Crippen molar-refractivity contribution in [3.63, 3.8) is 0 Å². The first-order valence-corrected chi connectivity index (χ1v) is 19.2. The molecule has 4 rings (SSSR count). The third-order valence-electron chi connectivity index (χ3n) is 13.5. The van der Waals surface area contributed by atoms with Gasteiger partial charge < -0.3 is 4.74 Å². The lowest BCUT2D eigenvalue weighted by Gasteiger charge is -2.58. The van der Waals surface area contributed by atoms with E-state index in [2.05, 4.69) is 66.7 Å². The molecular weight excluding hydrogens is 524 g/mol. The van der Waals surface area contributed by atoms with E-state index in [1.54, 1.807) is 5.57 Å². The maximum Gasteiger partial charge on any atom is 0.306 e. The lowest BCUT2D eigenvalue weighted by molar-refractivity contribution is -0.151. The highest BCUT2D eigenvalue weighted by molar-refractivity contribution is 5.69. The molecule has 0 heterocycles. The molecule has 0 radical (unpaired) electrons.